The second kappa shape index (κ2) is 6.44. The number of nitrogen functional groups attached to an aromatic ring is 1. The van der Waals surface area contributed by atoms with Crippen LogP contribution in [0.2, 0.25) is 0 Å². The van der Waals surface area contributed by atoms with Crippen LogP contribution in [0.15, 0.2) is 34.9 Å². The predicted octanol–water partition coefficient (Wildman–Crippen LogP) is 2.44. The van der Waals surface area contributed by atoms with Crippen LogP contribution in [0.25, 0.3) is 11.3 Å². The number of nitrogens with zero attached hydrogens (tertiary/aromatic N) is 1. The largest absolute Gasteiger partial charge is 0.424 e. The lowest BCUT2D eigenvalue weighted by Crippen LogP contribution is -2.10. The molecule has 5 heteroatoms. The molecule has 0 unspecified atom stereocenters. The van der Waals surface area contributed by atoms with Gasteiger partial charge in [0.25, 0.3) is 6.01 Å². The van der Waals surface area contributed by atoms with Gasteiger partial charge in [0, 0.05) is 11.1 Å². The summed E-state index contributed by atoms with van der Waals surface area (Å²) in [5, 5.41) is 0. The van der Waals surface area contributed by atoms with Crippen molar-refractivity contribution in [3.63, 3.8) is 0 Å². The number of hydrogen-bond acceptors (Lipinski definition) is 4. The average molecular weight is 247 g/mol. The summed E-state index contributed by atoms with van der Waals surface area (Å²) in [6, 6.07) is 6.85. The number of aromatic nitrogens is 1. The van der Waals surface area contributed by atoms with Crippen LogP contribution in [-0.2, 0) is 0 Å². The first kappa shape index (κ1) is 13.8. The number of carbonyl (C=O) groups excluding carboxylic acids is 1. The number of rotatable bonds is 2. The minimum Gasteiger partial charge on any atom is -0.424 e. The number of carbonyl (C=O) groups is 1. The first-order valence-corrected chi connectivity index (χ1v) is 5.70. The quantitative estimate of drug-likeness (QED) is 0.851. The molecular formula is C13H17N3O2. The van der Waals surface area contributed by atoms with Crippen molar-refractivity contribution < 1.29 is 9.21 Å². The summed E-state index contributed by atoms with van der Waals surface area (Å²) >= 11 is 0. The lowest BCUT2D eigenvalue weighted by molar-refractivity contribution is 0.100. The topological polar surface area (TPSA) is 95.1 Å². The van der Waals surface area contributed by atoms with Gasteiger partial charge in [0.2, 0.25) is 5.91 Å². The van der Waals surface area contributed by atoms with Crippen LogP contribution in [0.5, 0.6) is 0 Å². The lowest BCUT2D eigenvalue weighted by Gasteiger charge is -1.98. The summed E-state index contributed by atoms with van der Waals surface area (Å²) in [6.45, 7) is 4.25. The van der Waals surface area contributed by atoms with Gasteiger partial charge in [-0.3, -0.25) is 4.79 Å². The van der Waals surface area contributed by atoms with Crippen LogP contribution in [0.4, 0.5) is 6.01 Å². The molecule has 4 N–H and O–H groups in total. The number of nitrogens with two attached hydrogens (primary N) is 2. The zero-order valence-corrected chi connectivity index (χ0v) is 10.5. The van der Waals surface area contributed by atoms with Gasteiger partial charge in [-0.05, 0) is 12.1 Å². The Morgan fingerprint density at radius 1 is 1.39 bits per heavy atom. The van der Waals surface area contributed by atoms with E-state index in [2.05, 4.69) is 18.8 Å². The number of amides is 1. The summed E-state index contributed by atoms with van der Waals surface area (Å²) in [7, 11) is 0. The second-order valence-corrected chi connectivity index (χ2v) is 3.71. The highest BCUT2D eigenvalue weighted by molar-refractivity contribution is 5.93. The predicted molar refractivity (Wildman–Crippen MR) is 70.8 cm³/mol. The van der Waals surface area contributed by atoms with E-state index in [4.69, 9.17) is 15.9 Å². The molecule has 0 aliphatic heterocycles. The molecule has 0 radical (unpaired) electrons. The maximum atomic E-state index is 10.9. The van der Waals surface area contributed by atoms with Crippen LogP contribution in [0, 0.1) is 0 Å². The summed E-state index contributed by atoms with van der Waals surface area (Å²) in [4.78, 5) is 14.7. The van der Waals surface area contributed by atoms with Crippen LogP contribution in [0.3, 0.4) is 0 Å². The second-order valence-electron chi connectivity index (χ2n) is 3.71. The van der Waals surface area contributed by atoms with Gasteiger partial charge in [-0.25, -0.2) is 4.98 Å². The number of hydrogen-bond donors (Lipinski definition) is 2. The molecule has 96 valence electrons. The monoisotopic (exact) mass is 247 g/mol. The molecule has 1 aromatic heterocycles. The molecule has 1 aromatic carbocycles. The molecule has 0 saturated carbocycles. The molecule has 0 aliphatic rings. The van der Waals surface area contributed by atoms with E-state index in [0.717, 1.165) is 5.56 Å². The van der Waals surface area contributed by atoms with E-state index in [1.54, 1.807) is 24.3 Å². The molecule has 18 heavy (non-hydrogen) atoms. The molecule has 0 atom stereocenters. The highest BCUT2D eigenvalue weighted by Gasteiger charge is 2.06. The number of primary amides is 1. The zero-order chi connectivity index (χ0) is 13.5. The third kappa shape index (κ3) is 3.62. The molecule has 2 rings (SSSR count). The molecule has 1 amide bonds. The van der Waals surface area contributed by atoms with Gasteiger partial charge in [0.15, 0.2) is 5.76 Å². The fraction of sp³-hybridized carbons (Fsp3) is 0.231. The van der Waals surface area contributed by atoms with Crippen molar-refractivity contribution in [2.75, 3.05) is 5.73 Å². The average Bonchev–Trinajstić information content (AvgIpc) is 2.77. The van der Waals surface area contributed by atoms with E-state index in [9.17, 15) is 4.79 Å². The van der Waals surface area contributed by atoms with Crippen molar-refractivity contribution in [3.05, 3.63) is 36.0 Å². The third-order valence-electron chi connectivity index (χ3n) is 1.96. The minimum absolute atomic E-state index is 0.0921. The maximum absolute atomic E-state index is 10.9. The molecule has 0 saturated heterocycles. The Kier molecular flexibility index (Phi) is 4.92. The van der Waals surface area contributed by atoms with E-state index in [1.807, 2.05) is 0 Å². The maximum Gasteiger partial charge on any atom is 0.292 e. The van der Waals surface area contributed by atoms with Crippen molar-refractivity contribution in [3.8, 4) is 11.3 Å². The first-order valence-electron chi connectivity index (χ1n) is 5.70. The Morgan fingerprint density at radius 2 is 2.06 bits per heavy atom. The van der Waals surface area contributed by atoms with Gasteiger partial charge >= 0.3 is 0 Å². The number of anilines is 1. The van der Waals surface area contributed by atoms with E-state index < -0.39 is 5.91 Å². The van der Waals surface area contributed by atoms with Gasteiger partial charge in [0.1, 0.15) is 0 Å². The molecule has 0 bridgehead atoms. The van der Waals surface area contributed by atoms with Gasteiger partial charge in [-0.1, -0.05) is 32.4 Å². The first-order chi connectivity index (χ1) is 8.58. The molecule has 0 aliphatic carbocycles. The zero-order valence-electron chi connectivity index (χ0n) is 10.5. The van der Waals surface area contributed by atoms with Gasteiger partial charge in [-0.2, -0.15) is 0 Å². The highest BCUT2D eigenvalue weighted by atomic mass is 16.4. The number of oxazole rings is 1. The summed E-state index contributed by atoms with van der Waals surface area (Å²) < 4.78 is 5.12. The SMILES string of the molecule is CCC.NC(=O)c1cccc(-c2cnc(N)o2)c1. The van der Waals surface area contributed by atoms with E-state index >= 15 is 0 Å². The van der Waals surface area contributed by atoms with E-state index in [1.165, 1.54) is 12.6 Å². The molecular weight excluding hydrogens is 230 g/mol. The lowest BCUT2D eigenvalue weighted by atomic mass is 10.1. The van der Waals surface area contributed by atoms with Crippen molar-refractivity contribution in [2.45, 2.75) is 20.3 Å². The van der Waals surface area contributed by atoms with Crippen LogP contribution >= 0.6 is 0 Å². The van der Waals surface area contributed by atoms with Crippen LogP contribution < -0.4 is 11.5 Å². The van der Waals surface area contributed by atoms with Crippen molar-refractivity contribution >= 4 is 11.9 Å². The molecule has 2 aromatic rings. The Labute approximate surface area is 106 Å². The Balaban J connectivity index is 0.000000492. The summed E-state index contributed by atoms with van der Waals surface area (Å²) in [5.74, 6) is 0.0277. The Hall–Kier alpha value is -2.30. The normalized spacial score (nSPS) is 9.44. The molecule has 0 fully saturated rings. The summed E-state index contributed by atoms with van der Waals surface area (Å²) in [6.07, 6.45) is 2.75. The van der Waals surface area contributed by atoms with Crippen molar-refractivity contribution in [2.24, 2.45) is 5.73 Å². The Bertz CT molecular complexity index is 520. The van der Waals surface area contributed by atoms with Gasteiger partial charge in [-0.15, -0.1) is 0 Å². The molecule has 0 spiro atoms. The standard InChI is InChI=1S/C10H9N3O2.C3H8/c11-9(14)7-3-1-2-6(4-7)8-5-13-10(12)15-8;1-3-2/h1-5H,(H2,11,14)(H2,12,13);3H2,1-2H3. The fourth-order valence-electron chi connectivity index (χ4n) is 1.25. The number of benzene rings is 1. The highest BCUT2D eigenvalue weighted by Crippen LogP contribution is 2.21. The smallest absolute Gasteiger partial charge is 0.292 e. The molecule has 5 nitrogen and oxygen atoms in total. The van der Waals surface area contributed by atoms with Crippen LogP contribution in [0.1, 0.15) is 30.6 Å². The summed E-state index contributed by atoms with van der Waals surface area (Å²) in [5.41, 5.74) is 11.6. The van der Waals surface area contributed by atoms with Crippen molar-refractivity contribution in [1.29, 1.82) is 0 Å². The van der Waals surface area contributed by atoms with Crippen molar-refractivity contribution in [1.82, 2.24) is 4.98 Å². The Morgan fingerprint density at radius 3 is 2.56 bits per heavy atom. The van der Waals surface area contributed by atoms with E-state index in [-0.39, 0.29) is 6.01 Å². The molecule has 1 heterocycles. The fourth-order valence-corrected chi connectivity index (χ4v) is 1.25. The van der Waals surface area contributed by atoms with Gasteiger partial charge in [0.05, 0.1) is 6.20 Å². The van der Waals surface area contributed by atoms with Gasteiger partial charge < -0.3 is 15.9 Å². The van der Waals surface area contributed by atoms with Crippen LogP contribution in [-0.4, -0.2) is 10.9 Å². The van der Waals surface area contributed by atoms with E-state index in [0.29, 0.717) is 11.3 Å². The third-order valence-corrected chi connectivity index (χ3v) is 1.96. The minimum atomic E-state index is -0.482.